The van der Waals surface area contributed by atoms with Gasteiger partial charge in [-0.3, -0.25) is 4.79 Å². The molecule has 0 N–H and O–H groups in total. The van der Waals surface area contributed by atoms with Crippen LogP contribution in [0.4, 0.5) is 0 Å². The fraction of sp³-hybridized carbons (Fsp3) is 0.632. The Bertz CT molecular complexity index is 532. The summed E-state index contributed by atoms with van der Waals surface area (Å²) < 4.78 is 0. The number of benzene rings is 1. The molecule has 0 bridgehead atoms. The van der Waals surface area contributed by atoms with Crippen LogP contribution in [0.25, 0.3) is 0 Å². The van der Waals surface area contributed by atoms with Crippen LogP contribution >= 0.6 is 39.1 Å². The van der Waals surface area contributed by atoms with Crippen LogP contribution in [-0.2, 0) is 6.42 Å². The maximum Gasteiger partial charge on any atom is 0.176 e. The molecule has 0 heterocycles. The van der Waals surface area contributed by atoms with Gasteiger partial charge >= 0.3 is 0 Å². The molecule has 1 aromatic rings. The SMILES string of the molecule is CCCCCCCCc1ccc2c(c1)C(Cl)C(Cl)CC(Br)C2=O. The summed E-state index contributed by atoms with van der Waals surface area (Å²) in [5, 5.41) is -0.529. The minimum absolute atomic E-state index is 0.0971. The molecular weight excluding hydrogens is 395 g/mol. The molecule has 1 nitrogen and oxygen atoms in total. The third kappa shape index (κ3) is 5.21. The summed E-state index contributed by atoms with van der Waals surface area (Å²) in [5.41, 5.74) is 2.89. The van der Waals surface area contributed by atoms with Crippen LogP contribution in [-0.4, -0.2) is 16.0 Å². The van der Waals surface area contributed by atoms with Crippen molar-refractivity contribution in [3.63, 3.8) is 0 Å². The van der Waals surface area contributed by atoms with Crippen molar-refractivity contribution < 1.29 is 4.79 Å². The Hall–Kier alpha value is -0.0500. The van der Waals surface area contributed by atoms with E-state index in [1.165, 1.54) is 44.1 Å². The Morgan fingerprint density at radius 1 is 1.13 bits per heavy atom. The quantitative estimate of drug-likeness (QED) is 0.269. The molecule has 1 aliphatic carbocycles. The predicted octanol–water partition coefficient (Wildman–Crippen LogP) is 6.83. The molecule has 3 atom stereocenters. The van der Waals surface area contributed by atoms with Gasteiger partial charge < -0.3 is 0 Å². The maximum atomic E-state index is 12.4. The van der Waals surface area contributed by atoms with Crippen molar-refractivity contribution in [1.82, 2.24) is 0 Å². The molecule has 3 unspecified atom stereocenters. The summed E-state index contributed by atoms with van der Waals surface area (Å²) in [7, 11) is 0. The van der Waals surface area contributed by atoms with Gasteiger partial charge in [0.05, 0.1) is 15.6 Å². The Balaban J connectivity index is 2.03. The first-order valence-corrected chi connectivity index (χ1v) is 10.4. The molecule has 0 amide bonds. The lowest BCUT2D eigenvalue weighted by atomic mass is 9.96. The number of alkyl halides is 3. The molecule has 128 valence electrons. The monoisotopic (exact) mass is 418 g/mol. The van der Waals surface area contributed by atoms with E-state index in [1.54, 1.807) is 0 Å². The normalized spacial score (nSPS) is 24.3. The lowest BCUT2D eigenvalue weighted by Gasteiger charge is -2.15. The number of carbonyl (C=O) groups excluding carboxylic acids is 1. The number of carbonyl (C=O) groups is 1. The molecule has 0 spiro atoms. The van der Waals surface area contributed by atoms with Gasteiger partial charge in [-0.1, -0.05) is 73.2 Å². The van der Waals surface area contributed by atoms with Gasteiger partial charge in [-0.2, -0.15) is 0 Å². The zero-order valence-electron chi connectivity index (χ0n) is 13.7. The minimum Gasteiger partial charge on any atom is -0.293 e. The van der Waals surface area contributed by atoms with Crippen molar-refractivity contribution >= 4 is 44.9 Å². The van der Waals surface area contributed by atoms with Crippen molar-refractivity contribution in [3.05, 3.63) is 34.9 Å². The van der Waals surface area contributed by atoms with Crippen molar-refractivity contribution in [1.29, 1.82) is 0 Å². The molecule has 1 aromatic carbocycles. The van der Waals surface area contributed by atoms with Gasteiger partial charge in [0.2, 0.25) is 0 Å². The van der Waals surface area contributed by atoms with E-state index in [1.807, 2.05) is 6.07 Å². The molecule has 0 saturated heterocycles. The fourth-order valence-electron chi connectivity index (χ4n) is 3.12. The Labute approximate surface area is 158 Å². The summed E-state index contributed by atoms with van der Waals surface area (Å²) in [6.07, 6.45) is 9.32. The van der Waals surface area contributed by atoms with E-state index >= 15 is 0 Å². The van der Waals surface area contributed by atoms with Crippen LogP contribution in [0.15, 0.2) is 18.2 Å². The standard InChI is InChI=1S/C19H25BrCl2O/c1-2-3-4-5-6-7-8-13-9-10-14-15(11-13)18(22)17(21)12-16(20)19(14)23/h9-11,16-18H,2-8,12H2,1H3. The van der Waals surface area contributed by atoms with Crippen LogP contribution in [0, 0.1) is 0 Å². The predicted molar refractivity (Wildman–Crippen MR) is 103 cm³/mol. The molecular formula is C19H25BrCl2O. The van der Waals surface area contributed by atoms with Gasteiger partial charge in [-0.05, 0) is 30.4 Å². The highest BCUT2D eigenvalue weighted by Gasteiger charge is 2.33. The van der Waals surface area contributed by atoms with E-state index in [0.717, 1.165) is 17.5 Å². The molecule has 4 heteroatoms. The number of rotatable bonds is 7. The zero-order chi connectivity index (χ0) is 16.8. The highest BCUT2D eigenvalue weighted by atomic mass is 79.9. The average Bonchev–Trinajstić information content (AvgIpc) is 2.62. The van der Waals surface area contributed by atoms with E-state index in [2.05, 4.69) is 35.0 Å². The van der Waals surface area contributed by atoms with E-state index in [-0.39, 0.29) is 21.4 Å². The molecule has 0 aromatic heterocycles. The number of fused-ring (bicyclic) bond motifs is 1. The molecule has 23 heavy (non-hydrogen) atoms. The molecule has 2 rings (SSSR count). The molecule has 0 radical (unpaired) electrons. The third-order valence-electron chi connectivity index (χ3n) is 4.53. The van der Waals surface area contributed by atoms with Crippen LogP contribution in [0.1, 0.15) is 78.7 Å². The summed E-state index contributed by atoms with van der Waals surface area (Å²) in [4.78, 5) is 12.2. The van der Waals surface area contributed by atoms with Gasteiger partial charge in [0, 0.05) is 5.56 Å². The second-order valence-corrected chi connectivity index (χ2v) is 8.56. The summed E-state index contributed by atoms with van der Waals surface area (Å²) >= 11 is 16.3. The lowest BCUT2D eigenvalue weighted by molar-refractivity contribution is 0.0990. The highest BCUT2D eigenvalue weighted by molar-refractivity contribution is 9.10. The maximum absolute atomic E-state index is 12.4. The van der Waals surface area contributed by atoms with E-state index < -0.39 is 0 Å². The Morgan fingerprint density at radius 2 is 1.83 bits per heavy atom. The largest absolute Gasteiger partial charge is 0.293 e. The van der Waals surface area contributed by atoms with Gasteiger partial charge in [-0.15, -0.1) is 23.2 Å². The third-order valence-corrected chi connectivity index (χ3v) is 6.42. The average molecular weight is 420 g/mol. The summed E-state index contributed by atoms with van der Waals surface area (Å²) in [6.45, 7) is 2.24. The number of unbranched alkanes of at least 4 members (excludes halogenated alkanes) is 5. The number of Topliss-reactive ketones (excluding diaryl/α,β-unsaturated/α-hetero) is 1. The number of hydrogen-bond donors (Lipinski definition) is 0. The lowest BCUT2D eigenvalue weighted by Crippen LogP contribution is -2.15. The molecule has 0 saturated carbocycles. The zero-order valence-corrected chi connectivity index (χ0v) is 16.8. The van der Waals surface area contributed by atoms with Crippen molar-refractivity contribution in [2.24, 2.45) is 0 Å². The second-order valence-electron chi connectivity index (χ2n) is 6.42. The van der Waals surface area contributed by atoms with Gasteiger partial charge in [0.1, 0.15) is 0 Å². The summed E-state index contributed by atoms with van der Waals surface area (Å²) in [6, 6.07) is 6.10. The Kier molecular flexibility index (Phi) is 7.91. The first-order valence-electron chi connectivity index (χ1n) is 8.63. The molecule has 0 fully saturated rings. The van der Waals surface area contributed by atoms with Crippen LogP contribution in [0.5, 0.6) is 0 Å². The van der Waals surface area contributed by atoms with Crippen molar-refractivity contribution in [2.75, 3.05) is 0 Å². The molecule has 1 aliphatic rings. The highest BCUT2D eigenvalue weighted by Crippen LogP contribution is 2.39. The number of halogens is 3. The van der Waals surface area contributed by atoms with E-state index in [4.69, 9.17) is 23.2 Å². The van der Waals surface area contributed by atoms with Crippen LogP contribution in [0.3, 0.4) is 0 Å². The van der Waals surface area contributed by atoms with Gasteiger partial charge in [0.15, 0.2) is 5.78 Å². The molecule has 0 aliphatic heterocycles. The summed E-state index contributed by atoms with van der Waals surface area (Å²) in [5.74, 6) is 0.0971. The van der Waals surface area contributed by atoms with E-state index in [9.17, 15) is 4.79 Å². The second kappa shape index (κ2) is 9.44. The first-order chi connectivity index (χ1) is 11.0. The minimum atomic E-state index is -0.303. The van der Waals surface area contributed by atoms with Crippen molar-refractivity contribution in [2.45, 2.75) is 73.9 Å². The number of hydrogen-bond acceptors (Lipinski definition) is 1. The van der Waals surface area contributed by atoms with Crippen LogP contribution < -0.4 is 0 Å². The topological polar surface area (TPSA) is 17.1 Å². The first kappa shape index (κ1) is 19.3. The van der Waals surface area contributed by atoms with Crippen molar-refractivity contribution in [3.8, 4) is 0 Å². The van der Waals surface area contributed by atoms with Gasteiger partial charge in [0.25, 0.3) is 0 Å². The Morgan fingerprint density at radius 3 is 2.57 bits per heavy atom. The van der Waals surface area contributed by atoms with Crippen LogP contribution in [0.2, 0.25) is 0 Å². The fourth-order valence-corrected chi connectivity index (χ4v) is 4.58. The smallest absolute Gasteiger partial charge is 0.176 e. The number of aryl methyl sites for hydroxylation is 1. The van der Waals surface area contributed by atoms with Gasteiger partial charge in [-0.25, -0.2) is 0 Å². The van der Waals surface area contributed by atoms with E-state index in [0.29, 0.717) is 6.42 Å². The number of ketones is 1.